The van der Waals surface area contributed by atoms with Crippen molar-refractivity contribution in [2.75, 3.05) is 0 Å². The third kappa shape index (κ3) is 2.42. The summed E-state index contributed by atoms with van der Waals surface area (Å²) in [5.74, 6) is -0.300. The third-order valence-corrected chi connectivity index (χ3v) is 6.27. The lowest BCUT2D eigenvalue weighted by atomic mass is 9.72. The summed E-state index contributed by atoms with van der Waals surface area (Å²) in [5.41, 5.74) is 3.19. The van der Waals surface area contributed by atoms with Crippen LogP contribution in [-0.2, 0) is 0 Å². The Morgan fingerprint density at radius 2 is 1.31 bits per heavy atom. The fourth-order valence-electron chi connectivity index (χ4n) is 5.08. The number of nitrogens with zero attached hydrogens (tertiary/aromatic N) is 3. The Hall–Kier alpha value is -3.82. The largest absolute Gasteiger partial charge is 0.340 e. The van der Waals surface area contributed by atoms with Crippen LogP contribution in [-0.4, -0.2) is 10.4 Å². The fourth-order valence-corrected chi connectivity index (χ4v) is 5.08. The molecule has 0 amide bonds. The van der Waals surface area contributed by atoms with Gasteiger partial charge in [0, 0.05) is 18.0 Å². The van der Waals surface area contributed by atoms with Crippen molar-refractivity contribution in [2.45, 2.75) is 23.4 Å². The number of benzene rings is 3. The minimum Gasteiger partial charge on any atom is -0.340 e. The molecule has 138 valence electrons. The van der Waals surface area contributed by atoms with Crippen molar-refractivity contribution in [3.8, 4) is 12.1 Å². The zero-order valence-electron chi connectivity index (χ0n) is 15.8. The van der Waals surface area contributed by atoms with E-state index < -0.39 is 5.54 Å². The van der Waals surface area contributed by atoms with Gasteiger partial charge in [0.15, 0.2) is 0 Å². The van der Waals surface area contributed by atoms with Gasteiger partial charge in [-0.15, -0.1) is 0 Å². The molecule has 3 heteroatoms. The van der Waals surface area contributed by atoms with Gasteiger partial charge in [0.25, 0.3) is 0 Å². The second-order valence-electron chi connectivity index (χ2n) is 7.61. The zero-order valence-corrected chi connectivity index (χ0v) is 15.8. The van der Waals surface area contributed by atoms with Crippen LogP contribution in [0.15, 0.2) is 91.1 Å². The van der Waals surface area contributed by atoms with Gasteiger partial charge in [-0.1, -0.05) is 84.9 Å². The average Bonchev–Trinajstić information content (AvgIpc) is 3.11. The van der Waals surface area contributed by atoms with Gasteiger partial charge in [0.1, 0.15) is 12.1 Å². The van der Waals surface area contributed by atoms with Crippen molar-refractivity contribution in [2.24, 2.45) is 0 Å². The van der Waals surface area contributed by atoms with Crippen LogP contribution in [0.25, 0.3) is 6.08 Å². The van der Waals surface area contributed by atoms with Crippen LogP contribution < -0.4 is 0 Å². The lowest BCUT2D eigenvalue weighted by molar-refractivity contribution is 0.255. The van der Waals surface area contributed by atoms with Gasteiger partial charge in [-0.3, -0.25) is 0 Å². The molecule has 0 radical (unpaired) electrons. The van der Waals surface area contributed by atoms with Crippen LogP contribution in [0, 0.1) is 22.7 Å². The molecule has 3 nitrogen and oxygen atoms in total. The smallest absolute Gasteiger partial charge is 0.222 e. The van der Waals surface area contributed by atoms with Crippen LogP contribution in [0.2, 0.25) is 0 Å². The summed E-state index contributed by atoms with van der Waals surface area (Å²) in [4.78, 5) is 1.99. The van der Waals surface area contributed by atoms with Crippen molar-refractivity contribution in [1.82, 2.24) is 4.90 Å². The maximum Gasteiger partial charge on any atom is 0.222 e. The Bertz CT molecular complexity index is 1140. The van der Waals surface area contributed by atoms with E-state index in [0.29, 0.717) is 0 Å². The monoisotopic (exact) mass is 373 g/mol. The number of hydrogen-bond acceptors (Lipinski definition) is 3. The lowest BCUT2D eigenvalue weighted by Crippen LogP contribution is -2.43. The Morgan fingerprint density at radius 1 is 0.724 bits per heavy atom. The highest BCUT2D eigenvalue weighted by atomic mass is 15.3. The third-order valence-electron chi connectivity index (χ3n) is 6.27. The van der Waals surface area contributed by atoms with Crippen LogP contribution in [0.1, 0.15) is 40.1 Å². The summed E-state index contributed by atoms with van der Waals surface area (Å²) < 4.78 is 0. The Morgan fingerprint density at radius 3 is 1.97 bits per heavy atom. The number of hydrogen-bond donors (Lipinski definition) is 0. The topological polar surface area (TPSA) is 50.8 Å². The maximum atomic E-state index is 10.4. The van der Waals surface area contributed by atoms with Gasteiger partial charge in [-0.25, -0.2) is 0 Å². The number of rotatable bonds is 2. The van der Waals surface area contributed by atoms with E-state index in [9.17, 15) is 10.5 Å². The Balaban J connectivity index is 1.82. The molecule has 0 spiro atoms. The fraction of sp³-hybridized carbons (Fsp3) is 0.154. The zero-order chi connectivity index (χ0) is 19.8. The van der Waals surface area contributed by atoms with E-state index in [1.165, 1.54) is 0 Å². The average molecular weight is 373 g/mol. The summed E-state index contributed by atoms with van der Waals surface area (Å²) in [5, 5.41) is 20.7. The van der Waals surface area contributed by atoms with E-state index in [4.69, 9.17) is 0 Å². The van der Waals surface area contributed by atoms with E-state index in [-0.39, 0.29) is 17.9 Å². The Labute approximate surface area is 170 Å². The quantitative estimate of drug-likeness (QED) is 0.606. The summed E-state index contributed by atoms with van der Waals surface area (Å²) >= 11 is 0. The molecule has 3 aromatic carbocycles. The maximum absolute atomic E-state index is 10.4. The first-order chi connectivity index (χ1) is 14.3. The predicted molar refractivity (Wildman–Crippen MR) is 112 cm³/mol. The molecule has 2 aliphatic rings. The minimum absolute atomic E-state index is 0.0241. The highest BCUT2D eigenvalue weighted by Crippen LogP contribution is 2.60. The van der Waals surface area contributed by atoms with Crippen LogP contribution in [0.4, 0.5) is 0 Å². The van der Waals surface area contributed by atoms with E-state index in [2.05, 4.69) is 36.4 Å². The minimum atomic E-state index is -1.28. The molecule has 0 aromatic heterocycles. The molecule has 2 heterocycles. The molecule has 3 atom stereocenters. The number of nitriles is 2. The molecule has 0 bridgehead atoms. The summed E-state index contributed by atoms with van der Waals surface area (Å²) in [6, 6.07) is 33.4. The molecule has 0 saturated carbocycles. The van der Waals surface area contributed by atoms with E-state index in [1.807, 2.05) is 77.8 Å². The highest BCUT2D eigenvalue weighted by molar-refractivity contribution is 5.62. The van der Waals surface area contributed by atoms with Crippen LogP contribution >= 0.6 is 0 Å². The first kappa shape index (κ1) is 17.3. The van der Waals surface area contributed by atoms with Crippen molar-refractivity contribution in [1.29, 1.82) is 10.5 Å². The molecule has 3 aromatic rings. The van der Waals surface area contributed by atoms with E-state index >= 15 is 0 Å². The molecule has 0 unspecified atom stereocenters. The van der Waals surface area contributed by atoms with Gasteiger partial charge in [0.2, 0.25) is 5.54 Å². The molecule has 1 saturated heterocycles. The molecule has 0 aliphatic carbocycles. The normalized spacial score (nSPS) is 23.5. The van der Waals surface area contributed by atoms with Crippen molar-refractivity contribution >= 4 is 6.08 Å². The molecule has 29 heavy (non-hydrogen) atoms. The first-order valence-corrected chi connectivity index (χ1v) is 9.78. The summed E-state index contributed by atoms with van der Waals surface area (Å²) in [6.07, 6.45) is 3.96. The molecule has 1 fully saturated rings. The Kier molecular flexibility index (Phi) is 3.97. The molecule has 2 aliphatic heterocycles. The van der Waals surface area contributed by atoms with E-state index in [0.717, 1.165) is 22.3 Å². The molecule has 0 N–H and O–H groups in total. The van der Waals surface area contributed by atoms with Gasteiger partial charge in [-0.05, 0) is 28.3 Å². The first-order valence-electron chi connectivity index (χ1n) is 9.78. The van der Waals surface area contributed by atoms with Crippen molar-refractivity contribution in [3.05, 3.63) is 113 Å². The second kappa shape index (κ2) is 6.66. The van der Waals surface area contributed by atoms with Crippen molar-refractivity contribution < 1.29 is 0 Å². The summed E-state index contributed by atoms with van der Waals surface area (Å²) in [6.45, 7) is 0. The van der Waals surface area contributed by atoms with Crippen LogP contribution in [0.5, 0.6) is 0 Å². The van der Waals surface area contributed by atoms with Crippen LogP contribution in [0.3, 0.4) is 0 Å². The van der Waals surface area contributed by atoms with Gasteiger partial charge >= 0.3 is 0 Å². The van der Waals surface area contributed by atoms with E-state index in [1.54, 1.807) is 0 Å². The standard InChI is InChI=1S/C26H19N3/c27-17-26(18-28)24(21-12-5-2-6-13-21)23(20-10-3-1-4-11-20)25-22-14-8-7-9-19(22)15-16-29(25)26/h1-16,23-25H/t23-,24+,25-/m0/s1. The second-order valence-corrected chi connectivity index (χ2v) is 7.61. The molecule has 5 rings (SSSR count). The van der Waals surface area contributed by atoms with Gasteiger partial charge in [0.05, 0.1) is 6.04 Å². The number of fused-ring (bicyclic) bond motifs is 3. The summed E-state index contributed by atoms with van der Waals surface area (Å²) in [7, 11) is 0. The predicted octanol–water partition coefficient (Wildman–Crippen LogP) is 5.38. The SMILES string of the molecule is N#CC1(C#N)[C@H](c2ccccc2)[C@H](c2ccccc2)[C@@H]2c3ccccc3C=CN21. The van der Waals surface area contributed by atoms with Gasteiger partial charge < -0.3 is 4.90 Å². The van der Waals surface area contributed by atoms with Gasteiger partial charge in [-0.2, -0.15) is 10.5 Å². The molecular weight excluding hydrogens is 354 g/mol. The highest BCUT2D eigenvalue weighted by Gasteiger charge is 2.61. The lowest BCUT2D eigenvalue weighted by Gasteiger charge is -2.35. The van der Waals surface area contributed by atoms with Crippen molar-refractivity contribution in [3.63, 3.8) is 0 Å². The molecular formula is C26H19N3.